The Hall–Kier alpha value is -0.520. The summed E-state index contributed by atoms with van der Waals surface area (Å²) in [6.07, 6.45) is 0.807. The molecule has 1 rings (SSSR count). The summed E-state index contributed by atoms with van der Waals surface area (Å²) in [5, 5.41) is 8.42. The van der Waals surface area contributed by atoms with Gasteiger partial charge in [-0.15, -0.1) is 0 Å². The fraction of sp³-hybridized carbons (Fsp3) is 0. The van der Waals surface area contributed by atoms with E-state index in [0.29, 0.717) is 0 Å². The summed E-state index contributed by atoms with van der Waals surface area (Å²) in [5.41, 5.74) is -0.498. The van der Waals surface area contributed by atoms with Crippen molar-refractivity contribution in [3.8, 4) is 0 Å². The molecule has 0 aliphatic carbocycles. The second-order valence-corrected chi connectivity index (χ2v) is 5.03. The lowest BCUT2D eigenvalue weighted by molar-refractivity contribution is -0.132. The second kappa shape index (κ2) is 2.76. The Morgan fingerprint density at radius 3 is 2.08 bits per heavy atom. The molecule has 0 radical (unpaired) electrons. The lowest BCUT2D eigenvalue weighted by Gasteiger charge is -1.92. The van der Waals surface area contributed by atoms with E-state index in [1.54, 1.807) is 0 Å². The van der Waals surface area contributed by atoms with Crippen molar-refractivity contribution in [1.29, 1.82) is 0 Å². The average Bonchev–Trinajstić information content (AvgIpc) is 2.13. The fourth-order valence-corrected chi connectivity index (χ4v) is 2.35. The van der Waals surface area contributed by atoms with Crippen LogP contribution in [0.3, 0.4) is 0 Å². The van der Waals surface area contributed by atoms with Crippen molar-refractivity contribution in [2.75, 3.05) is 0 Å². The molecule has 66 valence electrons. The second-order valence-electron chi connectivity index (χ2n) is 1.94. The van der Waals surface area contributed by atoms with E-state index >= 15 is 0 Å². The van der Waals surface area contributed by atoms with Gasteiger partial charge in [-0.3, -0.25) is 0 Å². The van der Waals surface area contributed by atoms with Crippen molar-refractivity contribution in [1.82, 2.24) is 0 Å². The highest BCUT2D eigenvalue weighted by Gasteiger charge is 2.33. The van der Waals surface area contributed by atoms with Gasteiger partial charge in [0.15, 0.2) is 4.36 Å². The quantitative estimate of drug-likeness (QED) is 0.728. The normalized spacial score (nSPS) is 21.0. The van der Waals surface area contributed by atoms with Crippen molar-refractivity contribution in [3.05, 3.63) is 20.4 Å². The van der Waals surface area contributed by atoms with Gasteiger partial charge in [0.05, 0.1) is 5.57 Å². The first-order valence-electron chi connectivity index (χ1n) is 2.62. The Kier molecular flexibility index (Phi) is 2.20. The monoisotopic (exact) mass is 228 g/mol. The van der Waals surface area contributed by atoms with Crippen molar-refractivity contribution >= 4 is 39.0 Å². The van der Waals surface area contributed by atoms with Crippen molar-refractivity contribution in [2.45, 2.75) is 0 Å². The Morgan fingerprint density at radius 1 is 1.42 bits per heavy atom. The van der Waals surface area contributed by atoms with Crippen LogP contribution in [-0.2, 0) is 14.6 Å². The highest BCUT2D eigenvalue weighted by molar-refractivity contribution is 8.02. The third-order valence-corrected chi connectivity index (χ3v) is 4.05. The maximum absolute atomic E-state index is 11.0. The number of carbonyl (C=O) groups is 1. The van der Waals surface area contributed by atoms with Gasteiger partial charge in [0.2, 0.25) is 9.84 Å². The van der Waals surface area contributed by atoms with E-state index in [-0.39, 0.29) is 0 Å². The first-order valence-corrected chi connectivity index (χ1v) is 4.86. The van der Waals surface area contributed by atoms with E-state index in [1.807, 2.05) is 0 Å². The van der Waals surface area contributed by atoms with Crippen LogP contribution in [0.4, 0.5) is 0 Å². The van der Waals surface area contributed by atoms with Gasteiger partial charge in [-0.1, -0.05) is 23.2 Å². The lowest BCUT2D eigenvalue weighted by atomic mass is 10.3. The van der Waals surface area contributed by atoms with Gasteiger partial charge < -0.3 is 5.11 Å². The Labute approximate surface area is 78.0 Å². The summed E-state index contributed by atoms with van der Waals surface area (Å²) >= 11 is 10.5. The minimum Gasteiger partial charge on any atom is -0.478 e. The summed E-state index contributed by atoms with van der Waals surface area (Å²) < 4.78 is 20.6. The number of hydrogen-bond donors (Lipinski definition) is 1. The maximum Gasteiger partial charge on any atom is 0.338 e. The van der Waals surface area contributed by atoms with Crippen LogP contribution in [0, 0.1) is 0 Å². The smallest absolute Gasteiger partial charge is 0.338 e. The number of carboxylic acids is 1. The summed E-state index contributed by atoms with van der Waals surface area (Å²) in [5.74, 6) is -1.42. The van der Waals surface area contributed by atoms with Gasteiger partial charge in [0.1, 0.15) is 4.36 Å². The molecule has 7 heteroatoms. The highest BCUT2D eigenvalue weighted by Crippen LogP contribution is 2.34. The molecule has 0 bridgehead atoms. The molecule has 0 aromatic rings. The molecule has 4 nitrogen and oxygen atoms in total. The van der Waals surface area contributed by atoms with Crippen LogP contribution < -0.4 is 0 Å². The van der Waals surface area contributed by atoms with E-state index in [1.165, 1.54) is 0 Å². The zero-order chi connectivity index (χ0) is 9.52. The van der Waals surface area contributed by atoms with Gasteiger partial charge in [-0.05, 0) is 6.08 Å². The Balaban J connectivity index is 3.41. The third kappa shape index (κ3) is 1.24. The number of hydrogen-bond acceptors (Lipinski definition) is 3. The van der Waals surface area contributed by atoms with Gasteiger partial charge in [-0.2, -0.15) is 0 Å². The molecule has 0 atom stereocenters. The molecular weight excluding hydrogens is 227 g/mol. The molecule has 1 N–H and O–H groups in total. The van der Waals surface area contributed by atoms with Crippen molar-refractivity contribution < 1.29 is 18.3 Å². The molecule has 0 aromatic carbocycles. The molecule has 0 saturated heterocycles. The first-order chi connectivity index (χ1) is 5.37. The summed E-state index contributed by atoms with van der Waals surface area (Å²) in [4.78, 5) is 10.3. The van der Waals surface area contributed by atoms with Gasteiger partial charge in [0, 0.05) is 0 Å². The lowest BCUT2D eigenvalue weighted by Crippen LogP contribution is -2.00. The predicted molar refractivity (Wildman–Crippen MR) is 43.4 cm³/mol. The summed E-state index contributed by atoms with van der Waals surface area (Å²) in [7, 11) is -3.91. The fourth-order valence-electron chi connectivity index (χ4n) is 0.624. The zero-order valence-electron chi connectivity index (χ0n) is 5.41. The standard InChI is InChI=1S/C5H2Cl2O4S/c6-3-1-2(5(8)9)4(7)12(3,10)11/h1H,(H,8,9). The summed E-state index contributed by atoms with van der Waals surface area (Å²) in [6, 6.07) is 0. The van der Waals surface area contributed by atoms with E-state index in [2.05, 4.69) is 0 Å². The average molecular weight is 229 g/mol. The molecule has 0 unspecified atom stereocenters. The van der Waals surface area contributed by atoms with Crippen LogP contribution >= 0.6 is 23.2 Å². The van der Waals surface area contributed by atoms with Crippen molar-refractivity contribution in [2.24, 2.45) is 0 Å². The van der Waals surface area contributed by atoms with E-state index < -0.39 is 30.1 Å². The molecule has 1 aliphatic heterocycles. The number of rotatable bonds is 1. The van der Waals surface area contributed by atoms with Crippen LogP contribution in [0.1, 0.15) is 0 Å². The largest absolute Gasteiger partial charge is 0.478 e. The Bertz CT molecular complexity index is 403. The maximum atomic E-state index is 11.0. The zero-order valence-corrected chi connectivity index (χ0v) is 7.74. The molecule has 1 heterocycles. The van der Waals surface area contributed by atoms with Crippen LogP contribution in [0.25, 0.3) is 0 Å². The Morgan fingerprint density at radius 2 is 1.92 bits per heavy atom. The van der Waals surface area contributed by atoms with Crippen LogP contribution in [0.5, 0.6) is 0 Å². The number of sulfone groups is 1. The highest BCUT2D eigenvalue weighted by atomic mass is 35.5. The van der Waals surface area contributed by atoms with Crippen LogP contribution in [-0.4, -0.2) is 19.5 Å². The molecule has 0 saturated carbocycles. The van der Waals surface area contributed by atoms with Gasteiger partial charge in [-0.25, -0.2) is 13.2 Å². The minimum absolute atomic E-state index is 0.498. The number of carboxylic acid groups (broad SMARTS) is 1. The summed E-state index contributed by atoms with van der Waals surface area (Å²) in [6.45, 7) is 0. The van der Waals surface area contributed by atoms with Crippen molar-refractivity contribution in [3.63, 3.8) is 0 Å². The molecule has 12 heavy (non-hydrogen) atoms. The number of aliphatic carboxylic acids is 1. The van der Waals surface area contributed by atoms with Gasteiger partial charge in [0.25, 0.3) is 0 Å². The first kappa shape index (κ1) is 9.57. The number of halogens is 2. The molecular formula is C5H2Cl2O4S. The van der Waals surface area contributed by atoms with E-state index in [4.69, 9.17) is 28.3 Å². The third-order valence-electron chi connectivity index (χ3n) is 1.19. The molecule has 0 amide bonds. The molecule has 0 fully saturated rings. The topological polar surface area (TPSA) is 71.4 Å². The minimum atomic E-state index is -3.91. The van der Waals surface area contributed by atoms with E-state index in [0.717, 1.165) is 6.08 Å². The van der Waals surface area contributed by atoms with Crippen LogP contribution in [0.2, 0.25) is 0 Å². The van der Waals surface area contributed by atoms with Crippen LogP contribution in [0.15, 0.2) is 20.4 Å². The SMILES string of the molecule is O=C(O)C1=C(Cl)S(=O)(=O)C(Cl)=C1. The van der Waals surface area contributed by atoms with Gasteiger partial charge >= 0.3 is 5.97 Å². The van der Waals surface area contributed by atoms with E-state index in [9.17, 15) is 13.2 Å². The molecule has 0 aromatic heterocycles. The predicted octanol–water partition coefficient (Wildman–Crippen LogP) is 1.03. The molecule has 1 aliphatic rings. The molecule has 0 spiro atoms.